The summed E-state index contributed by atoms with van der Waals surface area (Å²) in [5.74, 6) is 0.650. The number of anilines is 1. The Kier molecular flexibility index (Phi) is 4.94. The van der Waals surface area contributed by atoms with Crippen LogP contribution in [0.2, 0.25) is 10.0 Å². The predicted molar refractivity (Wildman–Crippen MR) is 81.6 cm³/mol. The Morgan fingerprint density at radius 2 is 1.95 bits per heavy atom. The summed E-state index contributed by atoms with van der Waals surface area (Å²) in [6.45, 7) is 3.31. The predicted octanol–water partition coefficient (Wildman–Crippen LogP) is 4.79. The van der Waals surface area contributed by atoms with Crippen LogP contribution in [0.1, 0.15) is 5.56 Å². The van der Waals surface area contributed by atoms with Gasteiger partial charge in [-0.05, 0) is 42.8 Å². The van der Waals surface area contributed by atoms with E-state index < -0.39 is 0 Å². The smallest absolute Gasteiger partial charge is 0.138 e. The standard InChI is InChI=1S/C15H15Cl2NO/c1-11-3-2-4-13(9-11)18-7-8-19-15-6-5-12(16)10-14(15)17/h2-6,9-10,18H,7-8H2,1H3. The maximum absolute atomic E-state index is 6.02. The number of rotatable bonds is 5. The molecule has 0 amide bonds. The molecule has 2 aromatic carbocycles. The number of hydrogen-bond acceptors (Lipinski definition) is 2. The molecule has 0 aliphatic heterocycles. The number of nitrogens with one attached hydrogen (secondary N) is 1. The minimum absolute atomic E-state index is 0.531. The molecular weight excluding hydrogens is 281 g/mol. The van der Waals surface area contributed by atoms with Gasteiger partial charge in [0.25, 0.3) is 0 Å². The SMILES string of the molecule is Cc1cccc(NCCOc2ccc(Cl)cc2Cl)c1. The Hall–Kier alpha value is -1.38. The molecule has 0 fully saturated rings. The van der Waals surface area contributed by atoms with Crippen molar-refractivity contribution < 1.29 is 4.74 Å². The number of halogens is 2. The van der Waals surface area contributed by atoms with Gasteiger partial charge in [0.1, 0.15) is 12.4 Å². The molecule has 2 rings (SSSR count). The number of aryl methyl sites for hydroxylation is 1. The van der Waals surface area contributed by atoms with Crippen LogP contribution in [0.25, 0.3) is 0 Å². The van der Waals surface area contributed by atoms with E-state index >= 15 is 0 Å². The molecule has 4 heteroatoms. The van der Waals surface area contributed by atoms with Gasteiger partial charge in [0.2, 0.25) is 0 Å². The molecule has 0 saturated heterocycles. The lowest BCUT2D eigenvalue weighted by Crippen LogP contribution is -2.11. The number of ether oxygens (including phenoxy) is 1. The largest absolute Gasteiger partial charge is 0.490 e. The second kappa shape index (κ2) is 6.69. The van der Waals surface area contributed by atoms with Crippen molar-refractivity contribution in [1.29, 1.82) is 0 Å². The third-order valence-electron chi connectivity index (χ3n) is 2.60. The summed E-state index contributed by atoms with van der Waals surface area (Å²) < 4.78 is 5.59. The highest BCUT2D eigenvalue weighted by atomic mass is 35.5. The third kappa shape index (κ3) is 4.34. The molecule has 1 N–H and O–H groups in total. The van der Waals surface area contributed by atoms with Crippen molar-refractivity contribution in [3.05, 3.63) is 58.1 Å². The van der Waals surface area contributed by atoms with Gasteiger partial charge in [-0.1, -0.05) is 35.3 Å². The lowest BCUT2D eigenvalue weighted by molar-refractivity contribution is 0.333. The van der Waals surface area contributed by atoms with E-state index in [1.54, 1.807) is 18.2 Å². The molecule has 0 unspecified atom stereocenters. The molecule has 0 bridgehead atoms. The Morgan fingerprint density at radius 1 is 1.11 bits per heavy atom. The van der Waals surface area contributed by atoms with Crippen molar-refractivity contribution in [3.8, 4) is 5.75 Å². The molecule has 100 valence electrons. The summed E-state index contributed by atoms with van der Waals surface area (Å²) >= 11 is 11.8. The van der Waals surface area contributed by atoms with Crippen LogP contribution in [0.15, 0.2) is 42.5 Å². The van der Waals surface area contributed by atoms with Gasteiger partial charge in [0.15, 0.2) is 0 Å². The minimum Gasteiger partial charge on any atom is -0.490 e. The molecule has 0 aliphatic rings. The molecule has 2 aromatic rings. The first-order valence-corrected chi connectivity index (χ1v) is 6.79. The van der Waals surface area contributed by atoms with E-state index in [-0.39, 0.29) is 0 Å². The highest BCUT2D eigenvalue weighted by molar-refractivity contribution is 6.35. The molecule has 0 aliphatic carbocycles. The van der Waals surface area contributed by atoms with Gasteiger partial charge in [-0.15, -0.1) is 0 Å². The summed E-state index contributed by atoms with van der Waals surface area (Å²) in [6, 6.07) is 13.4. The number of hydrogen-bond donors (Lipinski definition) is 1. The van der Waals surface area contributed by atoms with E-state index in [9.17, 15) is 0 Å². The minimum atomic E-state index is 0.531. The Labute approximate surface area is 123 Å². The maximum Gasteiger partial charge on any atom is 0.138 e. The van der Waals surface area contributed by atoms with E-state index in [1.165, 1.54) is 5.56 Å². The molecule has 19 heavy (non-hydrogen) atoms. The van der Waals surface area contributed by atoms with E-state index in [4.69, 9.17) is 27.9 Å². The van der Waals surface area contributed by atoms with Crippen molar-refractivity contribution >= 4 is 28.9 Å². The first kappa shape index (κ1) is 14.0. The van der Waals surface area contributed by atoms with Gasteiger partial charge in [0, 0.05) is 17.3 Å². The lowest BCUT2D eigenvalue weighted by Gasteiger charge is -2.10. The Bertz CT molecular complexity index is 558. The van der Waals surface area contributed by atoms with Crippen LogP contribution >= 0.6 is 23.2 Å². The first-order chi connectivity index (χ1) is 9.15. The molecule has 0 aromatic heterocycles. The maximum atomic E-state index is 6.02. The van der Waals surface area contributed by atoms with Crippen LogP contribution in [0.5, 0.6) is 5.75 Å². The van der Waals surface area contributed by atoms with E-state index in [2.05, 4.69) is 24.4 Å². The van der Waals surface area contributed by atoms with Crippen molar-refractivity contribution in [3.63, 3.8) is 0 Å². The summed E-state index contributed by atoms with van der Waals surface area (Å²) in [5.41, 5.74) is 2.32. The second-order valence-corrected chi connectivity index (χ2v) is 5.06. The molecule has 2 nitrogen and oxygen atoms in total. The highest BCUT2D eigenvalue weighted by Crippen LogP contribution is 2.27. The zero-order valence-corrected chi connectivity index (χ0v) is 12.1. The number of benzene rings is 2. The van der Waals surface area contributed by atoms with Crippen LogP contribution in [0.4, 0.5) is 5.69 Å². The summed E-state index contributed by atoms with van der Waals surface area (Å²) in [6.07, 6.45) is 0. The fourth-order valence-electron chi connectivity index (χ4n) is 1.70. The van der Waals surface area contributed by atoms with E-state index in [0.717, 1.165) is 5.69 Å². The summed E-state index contributed by atoms with van der Waals surface area (Å²) in [4.78, 5) is 0. The highest BCUT2D eigenvalue weighted by Gasteiger charge is 2.01. The Balaban J connectivity index is 1.81. The molecule has 0 atom stereocenters. The van der Waals surface area contributed by atoms with Crippen LogP contribution < -0.4 is 10.1 Å². The zero-order chi connectivity index (χ0) is 13.7. The van der Waals surface area contributed by atoms with Crippen LogP contribution in [0, 0.1) is 6.92 Å². The molecule has 0 saturated carbocycles. The normalized spacial score (nSPS) is 10.3. The van der Waals surface area contributed by atoms with Gasteiger partial charge in [-0.25, -0.2) is 0 Å². The monoisotopic (exact) mass is 295 g/mol. The average molecular weight is 296 g/mol. The third-order valence-corrected chi connectivity index (χ3v) is 3.13. The zero-order valence-electron chi connectivity index (χ0n) is 10.6. The fraction of sp³-hybridized carbons (Fsp3) is 0.200. The molecule has 0 heterocycles. The Morgan fingerprint density at radius 3 is 2.68 bits per heavy atom. The van der Waals surface area contributed by atoms with Gasteiger partial charge < -0.3 is 10.1 Å². The van der Waals surface area contributed by atoms with Crippen molar-refractivity contribution in [1.82, 2.24) is 0 Å². The summed E-state index contributed by atoms with van der Waals surface area (Å²) in [7, 11) is 0. The van der Waals surface area contributed by atoms with Gasteiger partial charge in [-0.2, -0.15) is 0 Å². The fourth-order valence-corrected chi connectivity index (χ4v) is 2.17. The van der Waals surface area contributed by atoms with Crippen molar-refractivity contribution in [2.24, 2.45) is 0 Å². The van der Waals surface area contributed by atoms with Crippen LogP contribution in [-0.2, 0) is 0 Å². The van der Waals surface area contributed by atoms with E-state index in [1.807, 2.05) is 12.1 Å². The quantitative estimate of drug-likeness (QED) is 0.801. The van der Waals surface area contributed by atoms with Crippen molar-refractivity contribution in [2.45, 2.75) is 6.92 Å². The van der Waals surface area contributed by atoms with Gasteiger partial charge in [0.05, 0.1) is 5.02 Å². The van der Waals surface area contributed by atoms with Crippen LogP contribution in [-0.4, -0.2) is 13.2 Å². The summed E-state index contributed by atoms with van der Waals surface area (Å²) in [5, 5.41) is 4.43. The lowest BCUT2D eigenvalue weighted by atomic mass is 10.2. The second-order valence-electron chi connectivity index (χ2n) is 4.22. The molecular formula is C15H15Cl2NO. The van der Waals surface area contributed by atoms with Gasteiger partial charge in [-0.3, -0.25) is 0 Å². The van der Waals surface area contributed by atoms with E-state index in [0.29, 0.717) is 28.9 Å². The van der Waals surface area contributed by atoms with Gasteiger partial charge >= 0.3 is 0 Å². The van der Waals surface area contributed by atoms with Crippen LogP contribution in [0.3, 0.4) is 0 Å². The average Bonchev–Trinajstić information content (AvgIpc) is 2.37. The van der Waals surface area contributed by atoms with Crippen molar-refractivity contribution in [2.75, 3.05) is 18.5 Å². The molecule has 0 radical (unpaired) electrons. The first-order valence-electron chi connectivity index (χ1n) is 6.03. The topological polar surface area (TPSA) is 21.3 Å². The molecule has 0 spiro atoms.